The fraction of sp³-hybridized carbons (Fsp3) is 0.867. The van der Waals surface area contributed by atoms with Crippen LogP contribution in [-0.4, -0.2) is 51.7 Å². The molecule has 0 aliphatic heterocycles. The van der Waals surface area contributed by atoms with Crippen molar-refractivity contribution < 1.29 is 19.8 Å². The first-order valence-corrected chi connectivity index (χ1v) is 7.57. The molecule has 0 atom stereocenters. The molecule has 5 heteroatoms. The molecule has 2 rings (SSSR count). The topological polar surface area (TPSA) is 74.6 Å². The number of aliphatic carboxylic acids is 2. The average Bonchev–Trinajstić information content (AvgIpc) is 2.41. The molecule has 0 heterocycles. The zero-order chi connectivity index (χ0) is 13.9. The quantitative estimate of drug-likeness (QED) is 0.617. The van der Waals surface area contributed by atoms with Crippen LogP contribution in [-0.2, 0) is 9.59 Å². The van der Waals surface area contributed by atoms with Gasteiger partial charge in [-0.1, -0.05) is 38.5 Å². The molecule has 0 saturated heterocycles. The van der Waals surface area contributed by atoms with Crippen molar-refractivity contribution in [3.8, 4) is 0 Å². The molecule has 0 aromatic rings. The Hall–Kier alpha value is -0.0600. The number of carboxylic acids is 2. The van der Waals surface area contributed by atoms with Gasteiger partial charge < -0.3 is 10.2 Å². The number of rotatable bonds is 4. The van der Waals surface area contributed by atoms with Gasteiger partial charge in [0, 0.05) is 0 Å². The Kier molecular flexibility index (Phi) is 7.02. The van der Waals surface area contributed by atoms with Crippen LogP contribution in [0.25, 0.3) is 0 Å². The van der Waals surface area contributed by atoms with E-state index in [1.807, 2.05) is 0 Å². The van der Waals surface area contributed by atoms with Crippen LogP contribution in [0.5, 0.6) is 0 Å². The second-order valence-electron chi connectivity index (χ2n) is 6.15. The summed E-state index contributed by atoms with van der Waals surface area (Å²) in [6, 6.07) is 0. The van der Waals surface area contributed by atoms with Crippen LogP contribution < -0.4 is 0 Å². The van der Waals surface area contributed by atoms with E-state index in [9.17, 15) is 19.8 Å². The van der Waals surface area contributed by atoms with Gasteiger partial charge in [-0.05, 0) is 37.5 Å². The summed E-state index contributed by atoms with van der Waals surface area (Å²) >= 11 is 0. The van der Waals surface area contributed by atoms with Crippen LogP contribution in [0.1, 0.15) is 64.2 Å². The van der Waals surface area contributed by atoms with E-state index in [0.29, 0.717) is 0 Å². The molecule has 4 nitrogen and oxygen atoms in total. The van der Waals surface area contributed by atoms with E-state index < -0.39 is 17.4 Å². The van der Waals surface area contributed by atoms with Gasteiger partial charge >= 0.3 is 41.5 Å². The van der Waals surface area contributed by atoms with Gasteiger partial charge in [-0.15, -0.1) is 0 Å². The molecular weight excluding hydrogens is 267 g/mol. The zero-order valence-corrected chi connectivity index (χ0v) is 11.4. The predicted molar refractivity (Wildman–Crippen MR) is 78.0 cm³/mol. The normalized spacial score (nSPS) is 22.0. The van der Waals surface area contributed by atoms with Crippen molar-refractivity contribution in [3.05, 3.63) is 0 Å². The Morgan fingerprint density at radius 3 is 1.25 bits per heavy atom. The third-order valence-electron chi connectivity index (χ3n) is 5.21. The molecule has 2 aliphatic rings. The molecule has 20 heavy (non-hydrogen) atoms. The van der Waals surface area contributed by atoms with Gasteiger partial charge in [0.05, 0.1) is 0 Å². The predicted octanol–water partition coefficient (Wildman–Crippen LogP) is 2.65. The second-order valence-corrected chi connectivity index (χ2v) is 6.15. The van der Waals surface area contributed by atoms with Gasteiger partial charge in [0.15, 0.2) is 5.41 Å². The van der Waals surface area contributed by atoms with Crippen LogP contribution in [0.4, 0.5) is 0 Å². The van der Waals surface area contributed by atoms with E-state index in [1.165, 1.54) is 0 Å². The molecule has 2 N–H and O–H groups in total. The second kappa shape index (κ2) is 7.81. The third kappa shape index (κ3) is 3.23. The van der Waals surface area contributed by atoms with Crippen molar-refractivity contribution in [2.24, 2.45) is 17.3 Å². The Bertz CT molecular complexity index is 310. The number of hydrogen-bond donors (Lipinski definition) is 2. The van der Waals surface area contributed by atoms with E-state index >= 15 is 0 Å². The summed E-state index contributed by atoms with van der Waals surface area (Å²) in [6.45, 7) is 0. The SMILES string of the molecule is O=C(O)C(C(=O)O)(C1CCCCC1)C1CCCCC1.[NaH]. The van der Waals surface area contributed by atoms with E-state index in [1.54, 1.807) is 0 Å². The van der Waals surface area contributed by atoms with E-state index in [4.69, 9.17) is 0 Å². The number of hydrogen-bond acceptors (Lipinski definition) is 2. The summed E-state index contributed by atoms with van der Waals surface area (Å²) in [6.07, 6.45) is 9.14. The third-order valence-corrected chi connectivity index (χ3v) is 5.21. The summed E-state index contributed by atoms with van der Waals surface area (Å²) < 4.78 is 0. The molecule has 2 fully saturated rings. The van der Waals surface area contributed by atoms with E-state index in [-0.39, 0.29) is 41.4 Å². The number of carboxylic acid groups (broad SMARTS) is 2. The van der Waals surface area contributed by atoms with Crippen LogP contribution in [0.2, 0.25) is 0 Å². The molecule has 0 spiro atoms. The average molecular weight is 292 g/mol. The van der Waals surface area contributed by atoms with Crippen molar-refractivity contribution >= 4 is 41.5 Å². The van der Waals surface area contributed by atoms with Gasteiger partial charge in [0.2, 0.25) is 0 Å². The Morgan fingerprint density at radius 2 is 1.00 bits per heavy atom. The summed E-state index contributed by atoms with van der Waals surface area (Å²) in [7, 11) is 0. The first-order chi connectivity index (χ1) is 9.10. The van der Waals surface area contributed by atoms with Gasteiger partial charge in [-0.2, -0.15) is 0 Å². The first kappa shape index (κ1) is 18.0. The molecule has 0 aromatic heterocycles. The van der Waals surface area contributed by atoms with Gasteiger partial charge in [-0.25, -0.2) is 0 Å². The van der Waals surface area contributed by atoms with E-state index in [0.717, 1.165) is 64.2 Å². The molecule has 0 amide bonds. The van der Waals surface area contributed by atoms with Gasteiger partial charge in [0.25, 0.3) is 0 Å². The maximum absolute atomic E-state index is 11.9. The number of carbonyl (C=O) groups is 2. The van der Waals surface area contributed by atoms with Gasteiger partial charge in [-0.3, -0.25) is 9.59 Å². The minimum absolute atomic E-state index is 0. The zero-order valence-electron chi connectivity index (χ0n) is 11.4. The molecule has 110 valence electrons. The van der Waals surface area contributed by atoms with Crippen LogP contribution in [0.3, 0.4) is 0 Å². The maximum atomic E-state index is 11.9. The molecule has 2 aliphatic carbocycles. The van der Waals surface area contributed by atoms with Crippen molar-refractivity contribution in [2.45, 2.75) is 64.2 Å². The monoisotopic (exact) mass is 292 g/mol. The van der Waals surface area contributed by atoms with Crippen molar-refractivity contribution in [3.63, 3.8) is 0 Å². The molecule has 2 saturated carbocycles. The Morgan fingerprint density at radius 1 is 0.700 bits per heavy atom. The Labute approximate surface area is 142 Å². The van der Waals surface area contributed by atoms with Crippen molar-refractivity contribution in [1.82, 2.24) is 0 Å². The molecular formula is C15H25NaO4. The molecule has 0 aromatic carbocycles. The van der Waals surface area contributed by atoms with Crippen LogP contribution in [0, 0.1) is 17.3 Å². The summed E-state index contributed by atoms with van der Waals surface area (Å²) in [5.74, 6) is -2.56. The Balaban J connectivity index is 0.00000200. The minimum atomic E-state index is -1.53. The summed E-state index contributed by atoms with van der Waals surface area (Å²) in [4.78, 5) is 23.8. The van der Waals surface area contributed by atoms with E-state index in [2.05, 4.69) is 0 Å². The first-order valence-electron chi connectivity index (χ1n) is 7.57. The standard InChI is InChI=1S/C15H24O4.Na.H/c16-13(17)15(14(18)19,11-7-3-1-4-8-11)12-9-5-2-6-10-12;;/h11-12H,1-10H2,(H,16,17)(H,18,19);;. The van der Waals surface area contributed by atoms with Crippen molar-refractivity contribution in [1.29, 1.82) is 0 Å². The molecule has 0 bridgehead atoms. The summed E-state index contributed by atoms with van der Waals surface area (Å²) in [5.41, 5.74) is -1.53. The fourth-order valence-corrected chi connectivity index (χ4v) is 4.24. The van der Waals surface area contributed by atoms with Gasteiger partial charge in [0.1, 0.15) is 0 Å². The van der Waals surface area contributed by atoms with Crippen LogP contribution >= 0.6 is 0 Å². The molecule has 0 unspecified atom stereocenters. The fourth-order valence-electron chi connectivity index (χ4n) is 4.24. The van der Waals surface area contributed by atoms with Crippen molar-refractivity contribution in [2.75, 3.05) is 0 Å². The molecule has 0 radical (unpaired) electrons. The van der Waals surface area contributed by atoms with Crippen LogP contribution in [0.15, 0.2) is 0 Å². The summed E-state index contributed by atoms with van der Waals surface area (Å²) in [5, 5.41) is 19.4.